The second-order valence-corrected chi connectivity index (χ2v) is 3.62. The summed E-state index contributed by atoms with van der Waals surface area (Å²) in [7, 11) is 1.80. The van der Waals surface area contributed by atoms with Gasteiger partial charge in [0.25, 0.3) is 0 Å². The second-order valence-electron chi connectivity index (χ2n) is 3.62. The van der Waals surface area contributed by atoms with E-state index in [2.05, 4.69) is 10.1 Å². The molecule has 7 heteroatoms. The van der Waals surface area contributed by atoms with Crippen LogP contribution in [0, 0.1) is 0 Å². The van der Waals surface area contributed by atoms with Crippen molar-refractivity contribution in [3.63, 3.8) is 0 Å². The Hall–Kier alpha value is -0.370. The lowest BCUT2D eigenvalue weighted by Gasteiger charge is -2.35. The molecular formula is C9H17F3N2O2. The fraction of sp³-hybridized carbons (Fsp3) is 1.00. The molecule has 0 bridgehead atoms. The van der Waals surface area contributed by atoms with E-state index >= 15 is 0 Å². The highest BCUT2D eigenvalue weighted by molar-refractivity contribution is 4.76. The quantitative estimate of drug-likeness (QED) is 0.758. The van der Waals surface area contributed by atoms with Crippen molar-refractivity contribution in [2.75, 3.05) is 46.5 Å². The van der Waals surface area contributed by atoms with E-state index in [1.165, 1.54) is 0 Å². The molecule has 1 rings (SSSR count). The molecule has 1 unspecified atom stereocenters. The molecule has 16 heavy (non-hydrogen) atoms. The second kappa shape index (κ2) is 6.39. The Kier molecular flexibility index (Phi) is 5.47. The lowest BCUT2D eigenvalue weighted by Crippen LogP contribution is -2.51. The number of rotatable bonds is 5. The topological polar surface area (TPSA) is 33.7 Å². The predicted molar refractivity (Wildman–Crippen MR) is 52.1 cm³/mol. The molecule has 4 nitrogen and oxygen atoms in total. The molecule has 1 aliphatic heterocycles. The van der Waals surface area contributed by atoms with E-state index in [-0.39, 0.29) is 19.2 Å². The molecule has 1 aliphatic rings. The number of morpholine rings is 1. The summed E-state index contributed by atoms with van der Waals surface area (Å²) in [5, 5.41) is 2.99. The zero-order chi connectivity index (χ0) is 12.0. The minimum Gasteiger partial charge on any atom is -0.378 e. The van der Waals surface area contributed by atoms with Gasteiger partial charge in [0.2, 0.25) is 0 Å². The van der Waals surface area contributed by atoms with Gasteiger partial charge in [0.05, 0.1) is 19.8 Å². The van der Waals surface area contributed by atoms with Crippen LogP contribution in [0.15, 0.2) is 0 Å². The van der Waals surface area contributed by atoms with Gasteiger partial charge in [-0.05, 0) is 7.05 Å². The number of likely N-dealkylation sites (N-methyl/N-ethyl adjacent to an activating group) is 1. The summed E-state index contributed by atoms with van der Waals surface area (Å²) < 4.78 is 44.4. The maximum absolute atomic E-state index is 11.8. The summed E-state index contributed by atoms with van der Waals surface area (Å²) in [6, 6.07) is 0.121. The normalized spacial score (nSPS) is 23.6. The highest BCUT2D eigenvalue weighted by atomic mass is 19.4. The van der Waals surface area contributed by atoms with E-state index in [0.29, 0.717) is 26.3 Å². The Balaban J connectivity index is 2.27. The first-order valence-electron chi connectivity index (χ1n) is 5.20. The van der Waals surface area contributed by atoms with Gasteiger partial charge in [-0.25, -0.2) is 0 Å². The van der Waals surface area contributed by atoms with Crippen LogP contribution < -0.4 is 5.32 Å². The molecule has 1 saturated heterocycles. The van der Waals surface area contributed by atoms with Crippen molar-refractivity contribution in [1.29, 1.82) is 0 Å². The summed E-state index contributed by atoms with van der Waals surface area (Å²) in [6.07, 6.45) is -4.54. The zero-order valence-electron chi connectivity index (χ0n) is 9.22. The van der Waals surface area contributed by atoms with E-state index in [0.717, 1.165) is 0 Å². The first-order valence-corrected chi connectivity index (χ1v) is 5.20. The minimum absolute atomic E-state index is 0.121. The first-order chi connectivity index (χ1) is 7.53. The number of nitrogens with zero attached hydrogens (tertiary/aromatic N) is 1. The Labute approximate surface area is 92.7 Å². The van der Waals surface area contributed by atoms with Crippen molar-refractivity contribution in [1.82, 2.24) is 10.2 Å². The van der Waals surface area contributed by atoms with Gasteiger partial charge >= 0.3 is 6.36 Å². The third kappa shape index (κ3) is 5.11. The van der Waals surface area contributed by atoms with Crippen LogP contribution in [0.5, 0.6) is 0 Å². The number of halogens is 3. The largest absolute Gasteiger partial charge is 0.522 e. The standard InChI is InChI=1S/C9H17F3N2O2/c1-13-6-8-7-15-4-2-14(8)3-5-16-9(10,11)12/h8,13H,2-7H2,1H3. The summed E-state index contributed by atoms with van der Waals surface area (Å²) >= 11 is 0. The van der Waals surface area contributed by atoms with E-state index in [1.54, 1.807) is 7.05 Å². The molecule has 0 saturated carbocycles. The molecule has 1 fully saturated rings. The Bertz CT molecular complexity index is 200. The summed E-state index contributed by atoms with van der Waals surface area (Å²) in [6.45, 7) is 2.40. The van der Waals surface area contributed by atoms with E-state index in [1.807, 2.05) is 4.90 Å². The molecule has 0 spiro atoms. The molecule has 0 aromatic heterocycles. The Morgan fingerprint density at radius 2 is 2.25 bits per heavy atom. The maximum Gasteiger partial charge on any atom is 0.522 e. The number of alkyl halides is 3. The lowest BCUT2D eigenvalue weighted by atomic mass is 10.2. The average Bonchev–Trinajstić information content (AvgIpc) is 2.19. The molecule has 1 N–H and O–H groups in total. The number of hydrogen-bond donors (Lipinski definition) is 1. The SMILES string of the molecule is CNCC1COCCN1CCOC(F)(F)F. The van der Waals surface area contributed by atoms with Gasteiger partial charge in [0.1, 0.15) is 0 Å². The molecule has 0 aromatic rings. The lowest BCUT2D eigenvalue weighted by molar-refractivity contribution is -0.325. The van der Waals surface area contributed by atoms with Crippen LogP contribution in [0.1, 0.15) is 0 Å². The maximum atomic E-state index is 11.8. The van der Waals surface area contributed by atoms with Crippen LogP contribution in [0.2, 0.25) is 0 Å². The summed E-state index contributed by atoms with van der Waals surface area (Å²) in [4.78, 5) is 1.95. The van der Waals surface area contributed by atoms with Gasteiger partial charge in [-0.2, -0.15) is 0 Å². The third-order valence-corrected chi connectivity index (χ3v) is 2.43. The van der Waals surface area contributed by atoms with Crippen LogP contribution in [0.25, 0.3) is 0 Å². The third-order valence-electron chi connectivity index (χ3n) is 2.43. The smallest absolute Gasteiger partial charge is 0.378 e. The van der Waals surface area contributed by atoms with Crippen molar-refractivity contribution in [3.05, 3.63) is 0 Å². The highest BCUT2D eigenvalue weighted by Crippen LogP contribution is 2.16. The predicted octanol–water partition coefficient (Wildman–Crippen LogP) is 0.443. The van der Waals surface area contributed by atoms with Crippen molar-refractivity contribution < 1.29 is 22.6 Å². The number of hydrogen-bond acceptors (Lipinski definition) is 4. The molecule has 1 atom stereocenters. The Morgan fingerprint density at radius 1 is 1.50 bits per heavy atom. The van der Waals surface area contributed by atoms with E-state index in [9.17, 15) is 13.2 Å². The van der Waals surface area contributed by atoms with Gasteiger partial charge in [-0.1, -0.05) is 0 Å². The molecular weight excluding hydrogens is 225 g/mol. The van der Waals surface area contributed by atoms with Crippen LogP contribution in [-0.4, -0.2) is 63.8 Å². The Morgan fingerprint density at radius 3 is 2.88 bits per heavy atom. The van der Waals surface area contributed by atoms with Crippen LogP contribution in [0.4, 0.5) is 13.2 Å². The number of nitrogens with one attached hydrogen (secondary N) is 1. The number of ether oxygens (including phenoxy) is 2. The minimum atomic E-state index is -4.54. The van der Waals surface area contributed by atoms with Crippen molar-refractivity contribution in [3.8, 4) is 0 Å². The van der Waals surface area contributed by atoms with E-state index in [4.69, 9.17) is 4.74 Å². The van der Waals surface area contributed by atoms with Crippen molar-refractivity contribution in [2.24, 2.45) is 0 Å². The highest BCUT2D eigenvalue weighted by Gasteiger charge is 2.30. The average molecular weight is 242 g/mol. The first kappa shape index (κ1) is 13.7. The van der Waals surface area contributed by atoms with Gasteiger partial charge in [-0.3, -0.25) is 9.64 Å². The monoisotopic (exact) mass is 242 g/mol. The fourth-order valence-corrected chi connectivity index (χ4v) is 1.69. The van der Waals surface area contributed by atoms with Crippen LogP contribution in [0.3, 0.4) is 0 Å². The molecule has 0 aliphatic carbocycles. The molecule has 0 amide bonds. The van der Waals surface area contributed by atoms with Gasteiger partial charge in [-0.15, -0.1) is 13.2 Å². The van der Waals surface area contributed by atoms with Crippen LogP contribution in [-0.2, 0) is 9.47 Å². The van der Waals surface area contributed by atoms with Gasteiger partial charge in [0, 0.05) is 25.7 Å². The van der Waals surface area contributed by atoms with Crippen LogP contribution >= 0.6 is 0 Å². The zero-order valence-corrected chi connectivity index (χ0v) is 9.22. The van der Waals surface area contributed by atoms with Gasteiger partial charge in [0.15, 0.2) is 0 Å². The molecule has 0 aromatic carbocycles. The summed E-state index contributed by atoms with van der Waals surface area (Å²) in [5.41, 5.74) is 0. The van der Waals surface area contributed by atoms with Gasteiger partial charge < -0.3 is 10.1 Å². The fourth-order valence-electron chi connectivity index (χ4n) is 1.69. The van der Waals surface area contributed by atoms with Crippen molar-refractivity contribution >= 4 is 0 Å². The van der Waals surface area contributed by atoms with E-state index < -0.39 is 6.36 Å². The van der Waals surface area contributed by atoms with Crippen molar-refractivity contribution in [2.45, 2.75) is 12.4 Å². The molecule has 0 radical (unpaired) electrons. The molecule has 96 valence electrons. The summed E-state index contributed by atoms with van der Waals surface area (Å²) in [5.74, 6) is 0. The molecule has 1 heterocycles.